The molecule has 11 rings (SSSR count). The van der Waals surface area contributed by atoms with Crippen molar-refractivity contribution in [1.29, 1.82) is 0 Å². The van der Waals surface area contributed by atoms with Gasteiger partial charge in [-0.15, -0.1) is 0 Å². The van der Waals surface area contributed by atoms with Crippen molar-refractivity contribution in [2.24, 2.45) is 0 Å². The van der Waals surface area contributed by atoms with Crippen LogP contribution in [0.15, 0.2) is 185 Å². The van der Waals surface area contributed by atoms with Gasteiger partial charge in [0.15, 0.2) is 17.5 Å². The van der Waals surface area contributed by atoms with Crippen LogP contribution in [0.3, 0.4) is 0 Å². The van der Waals surface area contributed by atoms with Crippen molar-refractivity contribution in [2.75, 3.05) is 0 Å². The molecule has 0 fully saturated rings. The fraction of sp³-hybridized carbons (Fsp3) is 0. The topological polar surface area (TPSA) is 65.0 Å². The zero-order valence-electron chi connectivity index (χ0n) is 37.2. The maximum Gasteiger partial charge on any atom is 0.164 e. The van der Waals surface area contributed by atoms with E-state index in [4.69, 9.17) is 33.4 Å². The summed E-state index contributed by atoms with van der Waals surface area (Å²) in [6.07, 6.45) is 0. The summed E-state index contributed by atoms with van der Waals surface area (Å²) in [7, 11) is 0. The predicted octanol–water partition coefficient (Wildman–Crippen LogP) is 13.2. The molecule has 0 bridgehead atoms. The standard InChI is InChI=1S/C49H29N3O2/c1-3-13-30(14-4-1)32-17-11-18-33(27-32)47-50-48(34-25-26-39-44(28-34)53-43-24-12-22-35(45(39)43)31-15-5-2-6-16-31)52-49(51-47)41-29-40-37-20-9-10-23-42(37)54-46(40)38-21-8-7-19-36(38)41/h1-29H/i7D,8D,9D,10D,19D,20D,21D,23D,29D. The van der Waals surface area contributed by atoms with Crippen LogP contribution in [0.4, 0.5) is 0 Å². The van der Waals surface area contributed by atoms with Crippen molar-refractivity contribution in [1.82, 2.24) is 15.0 Å². The van der Waals surface area contributed by atoms with Gasteiger partial charge in [0.05, 0.1) is 12.3 Å². The minimum absolute atomic E-state index is 0.0722. The Balaban J connectivity index is 1.23. The van der Waals surface area contributed by atoms with Gasteiger partial charge in [0.2, 0.25) is 0 Å². The van der Waals surface area contributed by atoms with Gasteiger partial charge in [0.1, 0.15) is 22.3 Å². The first-order valence-electron chi connectivity index (χ1n) is 21.8. The van der Waals surface area contributed by atoms with Crippen molar-refractivity contribution < 1.29 is 21.2 Å². The molecule has 0 N–H and O–H groups in total. The van der Waals surface area contributed by atoms with E-state index in [1.807, 2.05) is 115 Å². The first kappa shape index (κ1) is 22.5. The molecule has 0 aliphatic rings. The molecule has 3 heterocycles. The van der Waals surface area contributed by atoms with E-state index in [2.05, 4.69) is 6.07 Å². The number of hydrogen-bond acceptors (Lipinski definition) is 5. The molecule has 3 aromatic heterocycles. The third-order valence-electron chi connectivity index (χ3n) is 9.68. The molecule has 0 aliphatic carbocycles. The average molecular weight is 701 g/mol. The number of fused-ring (bicyclic) bond motifs is 8. The smallest absolute Gasteiger partial charge is 0.164 e. The van der Waals surface area contributed by atoms with Crippen molar-refractivity contribution >= 4 is 54.6 Å². The van der Waals surface area contributed by atoms with Crippen molar-refractivity contribution in [3.8, 4) is 56.4 Å². The molecule has 5 nitrogen and oxygen atoms in total. The lowest BCUT2D eigenvalue weighted by molar-refractivity contribution is 0.669. The van der Waals surface area contributed by atoms with E-state index in [0.717, 1.165) is 33.0 Å². The minimum Gasteiger partial charge on any atom is -0.456 e. The zero-order valence-corrected chi connectivity index (χ0v) is 28.2. The number of furan rings is 2. The minimum atomic E-state index is -0.568. The van der Waals surface area contributed by atoms with E-state index in [1.165, 1.54) is 0 Å². The summed E-state index contributed by atoms with van der Waals surface area (Å²) < 4.78 is 92.5. The third kappa shape index (κ3) is 4.90. The number of para-hydroxylation sites is 1. The SMILES string of the molecule is [2H]c1c([2H])c([2H])c2c(oc3c4c([2H])c([2H])c([2H])c([2H])c4c(-c4nc(-c5cccc(-c6ccccc6)c5)nc(-c5ccc6c(c5)oc5cccc(-c7ccccc7)c56)n4)c([2H])c32)c1[2H]. The molecule has 0 spiro atoms. The van der Waals surface area contributed by atoms with Gasteiger partial charge in [-0.05, 0) is 64.0 Å². The van der Waals surface area contributed by atoms with Crippen molar-refractivity contribution in [3.63, 3.8) is 0 Å². The van der Waals surface area contributed by atoms with Crippen LogP contribution in [0.5, 0.6) is 0 Å². The Hall–Kier alpha value is -7.37. The number of aromatic nitrogens is 3. The Bertz CT molecular complexity index is 3740. The van der Waals surface area contributed by atoms with Crippen molar-refractivity contribution in [3.05, 3.63) is 176 Å². The summed E-state index contributed by atoms with van der Waals surface area (Å²) in [5.41, 5.74) is 5.75. The molecule has 5 heteroatoms. The maximum atomic E-state index is 9.82. The van der Waals surface area contributed by atoms with Crippen molar-refractivity contribution in [2.45, 2.75) is 0 Å². The lowest BCUT2D eigenvalue weighted by Crippen LogP contribution is -2.01. The molecule has 11 aromatic rings. The molecule has 54 heavy (non-hydrogen) atoms. The molecule has 0 amide bonds. The Kier molecular flexibility index (Phi) is 5.06. The lowest BCUT2D eigenvalue weighted by atomic mass is 9.99. The third-order valence-corrected chi connectivity index (χ3v) is 9.68. The van der Waals surface area contributed by atoms with E-state index in [0.29, 0.717) is 22.3 Å². The highest BCUT2D eigenvalue weighted by molar-refractivity contribution is 6.19. The van der Waals surface area contributed by atoms with Crippen LogP contribution in [0.1, 0.15) is 12.3 Å². The van der Waals surface area contributed by atoms with E-state index >= 15 is 0 Å². The van der Waals surface area contributed by atoms with Gasteiger partial charge in [-0.3, -0.25) is 0 Å². The second-order valence-electron chi connectivity index (χ2n) is 12.9. The zero-order chi connectivity index (χ0) is 43.4. The van der Waals surface area contributed by atoms with Gasteiger partial charge in [-0.2, -0.15) is 0 Å². The fourth-order valence-corrected chi connectivity index (χ4v) is 7.18. The Labute approximate surface area is 322 Å². The normalized spacial score (nSPS) is 14.0. The van der Waals surface area contributed by atoms with Gasteiger partial charge in [0.25, 0.3) is 0 Å². The summed E-state index contributed by atoms with van der Waals surface area (Å²) in [6.45, 7) is 0. The van der Waals surface area contributed by atoms with Crippen LogP contribution in [0.2, 0.25) is 0 Å². The van der Waals surface area contributed by atoms with Gasteiger partial charge < -0.3 is 8.83 Å². The van der Waals surface area contributed by atoms with Crippen LogP contribution in [-0.2, 0) is 0 Å². The molecule has 0 aliphatic heterocycles. The first-order valence-corrected chi connectivity index (χ1v) is 17.3. The van der Waals surface area contributed by atoms with Crippen LogP contribution >= 0.6 is 0 Å². The quantitative estimate of drug-likeness (QED) is 0.179. The summed E-state index contributed by atoms with van der Waals surface area (Å²) in [4.78, 5) is 14.9. The molecule has 0 saturated carbocycles. The summed E-state index contributed by atoms with van der Waals surface area (Å²) in [6, 6.07) is 34.5. The molecular weight excluding hydrogens is 663 g/mol. The highest BCUT2D eigenvalue weighted by atomic mass is 16.3. The summed E-state index contributed by atoms with van der Waals surface area (Å²) in [5.74, 6) is 0.280. The maximum absolute atomic E-state index is 9.82. The predicted molar refractivity (Wildman–Crippen MR) is 219 cm³/mol. The van der Waals surface area contributed by atoms with E-state index < -0.39 is 48.3 Å². The second-order valence-corrected chi connectivity index (χ2v) is 12.9. The van der Waals surface area contributed by atoms with Crippen LogP contribution < -0.4 is 0 Å². The van der Waals surface area contributed by atoms with Gasteiger partial charge in [0, 0.05) is 43.6 Å². The molecular formula is C49H29N3O2. The highest BCUT2D eigenvalue weighted by Gasteiger charge is 2.20. The Morgan fingerprint density at radius 2 is 1.04 bits per heavy atom. The van der Waals surface area contributed by atoms with E-state index in [-0.39, 0.29) is 61.8 Å². The molecule has 0 saturated heterocycles. The lowest BCUT2D eigenvalue weighted by Gasteiger charge is -2.12. The van der Waals surface area contributed by atoms with E-state index in [1.54, 1.807) is 0 Å². The van der Waals surface area contributed by atoms with Gasteiger partial charge >= 0.3 is 0 Å². The molecule has 0 unspecified atom stereocenters. The molecule has 0 atom stereocenters. The van der Waals surface area contributed by atoms with Crippen LogP contribution in [0.25, 0.3) is 111 Å². The number of hydrogen-bond donors (Lipinski definition) is 0. The van der Waals surface area contributed by atoms with Gasteiger partial charge in [-0.25, -0.2) is 15.0 Å². The van der Waals surface area contributed by atoms with E-state index in [9.17, 15) is 2.74 Å². The Morgan fingerprint density at radius 1 is 0.389 bits per heavy atom. The number of nitrogens with zero attached hydrogens (tertiary/aromatic N) is 3. The highest BCUT2D eigenvalue weighted by Crippen LogP contribution is 2.41. The summed E-state index contributed by atoms with van der Waals surface area (Å²) >= 11 is 0. The molecule has 8 aromatic carbocycles. The Morgan fingerprint density at radius 3 is 1.85 bits per heavy atom. The first-order chi connectivity index (χ1) is 30.5. The van der Waals surface area contributed by atoms with Crippen LogP contribution in [0, 0.1) is 0 Å². The summed E-state index contributed by atoms with van der Waals surface area (Å²) in [5, 5.41) is 1.40. The second kappa shape index (κ2) is 12.1. The molecule has 252 valence electrons. The fourth-order valence-electron chi connectivity index (χ4n) is 7.18. The number of rotatable bonds is 5. The number of benzene rings is 8. The monoisotopic (exact) mass is 700 g/mol. The molecule has 0 radical (unpaired) electrons. The average Bonchev–Trinajstić information content (AvgIpc) is 3.91. The van der Waals surface area contributed by atoms with Gasteiger partial charge in [-0.1, -0.05) is 139 Å². The van der Waals surface area contributed by atoms with Crippen LogP contribution in [-0.4, -0.2) is 15.0 Å². The largest absolute Gasteiger partial charge is 0.456 e.